The highest BCUT2D eigenvalue weighted by atomic mass is 16.2. The lowest BCUT2D eigenvalue weighted by Gasteiger charge is -2.20. The van der Waals surface area contributed by atoms with Gasteiger partial charge in [-0.05, 0) is 37.3 Å². The van der Waals surface area contributed by atoms with Crippen molar-refractivity contribution < 1.29 is 4.79 Å². The molecule has 29 heavy (non-hydrogen) atoms. The maximum Gasteiger partial charge on any atom is 0.222 e. The second-order valence-corrected chi connectivity index (χ2v) is 8.39. The van der Waals surface area contributed by atoms with Gasteiger partial charge in [0.25, 0.3) is 0 Å². The normalized spacial score (nSPS) is 21.4. The van der Waals surface area contributed by atoms with Crippen molar-refractivity contribution in [1.82, 2.24) is 24.4 Å². The Bertz CT molecular complexity index is 1090. The number of hydrogen-bond acceptors (Lipinski definition) is 5. The van der Waals surface area contributed by atoms with Gasteiger partial charge in [-0.25, -0.2) is 15.0 Å². The van der Waals surface area contributed by atoms with Crippen LogP contribution in [-0.2, 0) is 4.79 Å². The van der Waals surface area contributed by atoms with Crippen LogP contribution in [0.1, 0.15) is 49.6 Å². The van der Waals surface area contributed by atoms with Gasteiger partial charge in [-0.1, -0.05) is 18.2 Å². The van der Waals surface area contributed by atoms with Crippen molar-refractivity contribution in [2.45, 2.75) is 44.1 Å². The molecule has 3 aliphatic rings. The highest BCUT2D eigenvalue weighted by Gasteiger charge is 2.33. The number of para-hydroxylation sites is 1. The molecule has 1 atom stereocenters. The standard InChI is InChI=1S/C22H24N6O/c29-19-6-3-10-26(19)11-9-15-12-27(18-5-2-1-4-17(15)18)21-20-22(24-13-23-21)28(14-25-20)16-7-8-16/h1-2,4-5,13-16H,3,6-12H2. The third-order valence-electron chi connectivity index (χ3n) is 6.52. The SMILES string of the molecule is O=C1CCCN1CCC1CN(c2ncnc3c2ncn3C2CC2)c2ccccc21. The smallest absolute Gasteiger partial charge is 0.222 e. The summed E-state index contributed by atoms with van der Waals surface area (Å²) in [6.45, 7) is 2.60. The largest absolute Gasteiger partial charge is 0.343 e. The number of imidazole rings is 1. The highest BCUT2D eigenvalue weighted by molar-refractivity contribution is 5.88. The summed E-state index contributed by atoms with van der Waals surface area (Å²) >= 11 is 0. The monoisotopic (exact) mass is 388 g/mol. The summed E-state index contributed by atoms with van der Waals surface area (Å²) in [7, 11) is 0. The minimum Gasteiger partial charge on any atom is -0.343 e. The zero-order valence-electron chi connectivity index (χ0n) is 16.4. The third-order valence-corrected chi connectivity index (χ3v) is 6.52. The Hall–Kier alpha value is -2.96. The zero-order chi connectivity index (χ0) is 19.4. The quantitative estimate of drug-likeness (QED) is 0.670. The first kappa shape index (κ1) is 16.9. The van der Waals surface area contributed by atoms with E-state index in [4.69, 9.17) is 0 Å². The van der Waals surface area contributed by atoms with E-state index in [1.807, 2.05) is 11.2 Å². The predicted molar refractivity (Wildman–Crippen MR) is 110 cm³/mol. The van der Waals surface area contributed by atoms with Crippen molar-refractivity contribution in [2.24, 2.45) is 0 Å². The molecule has 3 aromatic rings. The van der Waals surface area contributed by atoms with Gasteiger partial charge in [-0.15, -0.1) is 0 Å². The lowest BCUT2D eigenvalue weighted by Crippen LogP contribution is -2.27. The molecule has 1 amide bonds. The molecule has 0 bridgehead atoms. The first-order chi connectivity index (χ1) is 14.3. The summed E-state index contributed by atoms with van der Waals surface area (Å²) in [6, 6.07) is 9.11. The molecule has 1 aliphatic carbocycles. The number of carbonyl (C=O) groups is 1. The number of nitrogens with zero attached hydrogens (tertiary/aromatic N) is 6. The summed E-state index contributed by atoms with van der Waals surface area (Å²) in [4.78, 5) is 30.2. The fraction of sp³-hybridized carbons (Fsp3) is 0.455. The lowest BCUT2D eigenvalue weighted by molar-refractivity contribution is -0.127. The Morgan fingerprint density at radius 1 is 1.10 bits per heavy atom. The Morgan fingerprint density at radius 2 is 2.00 bits per heavy atom. The zero-order valence-corrected chi connectivity index (χ0v) is 16.4. The van der Waals surface area contributed by atoms with Crippen molar-refractivity contribution in [3.05, 3.63) is 42.5 Å². The second kappa shape index (κ2) is 6.54. The maximum absolute atomic E-state index is 12.0. The number of carbonyl (C=O) groups excluding carboxylic acids is 1. The Morgan fingerprint density at radius 3 is 2.83 bits per heavy atom. The van der Waals surface area contributed by atoms with Gasteiger partial charge in [0.1, 0.15) is 6.33 Å². The molecule has 4 heterocycles. The number of hydrogen-bond donors (Lipinski definition) is 0. The number of amides is 1. The molecule has 0 N–H and O–H groups in total. The number of aromatic nitrogens is 4. The summed E-state index contributed by atoms with van der Waals surface area (Å²) in [5, 5.41) is 0. The van der Waals surface area contributed by atoms with Crippen molar-refractivity contribution in [3.63, 3.8) is 0 Å². The average molecular weight is 388 g/mol. The molecule has 0 spiro atoms. The van der Waals surface area contributed by atoms with Crippen molar-refractivity contribution in [2.75, 3.05) is 24.5 Å². The Kier molecular flexibility index (Phi) is 3.82. The minimum atomic E-state index is 0.302. The molecule has 2 aliphatic heterocycles. The average Bonchev–Trinajstić information content (AvgIpc) is 3.19. The molecule has 2 fully saturated rings. The van der Waals surface area contributed by atoms with Crippen LogP contribution in [0.4, 0.5) is 11.5 Å². The van der Waals surface area contributed by atoms with Crippen molar-refractivity contribution >= 4 is 28.6 Å². The number of fused-ring (bicyclic) bond motifs is 2. The van der Waals surface area contributed by atoms with E-state index in [0.717, 1.165) is 49.5 Å². The summed E-state index contributed by atoms with van der Waals surface area (Å²) < 4.78 is 2.19. The number of rotatable bonds is 5. The second-order valence-electron chi connectivity index (χ2n) is 8.39. The molecule has 148 valence electrons. The molecule has 2 aromatic heterocycles. The predicted octanol–water partition coefficient (Wildman–Crippen LogP) is 3.41. The van der Waals surface area contributed by atoms with E-state index in [-0.39, 0.29) is 0 Å². The van der Waals surface area contributed by atoms with Gasteiger partial charge in [0.2, 0.25) is 5.91 Å². The van der Waals surface area contributed by atoms with E-state index in [1.54, 1.807) is 6.33 Å². The summed E-state index contributed by atoms with van der Waals surface area (Å²) in [6.07, 6.45) is 8.66. The first-order valence-corrected chi connectivity index (χ1v) is 10.6. The van der Waals surface area contributed by atoms with E-state index in [1.165, 1.54) is 24.1 Å². The number of benzene rings is 1. The molecule has 1 aromatic carbocycles. The molecule has 1 saturated heterocycles. The van der Waals surface area contributed by atoms with Crippen LogP contribution in [0.25, 0.3) is 11.2 Å². The molecule has 7 nitrogen and oxygen atoms in total. The van der Waals surface area contributed by atoms with E-state index >= 15 is 0 Å². The van der Waals surface area contributed by atoms with Gasteiger partial charge in [0.15, 0.2) is 17.0 Å². The maximum atomic E-state index is 12.0. The van der Waals surface area contributed by atoms with Crippen LogP contribution in [0.3, 0.4) is 0 Å². The molecule has 1 unspecified atom stereocenters. The molecule has 6 rings (SSSR count). The van der Waals surface area contributed by atoms with Gasteiger partial charge in [0, 0.05) is 43.7 Å². The van der Waals surface area contributed by atoms with Gasteiger partial charge < -0.3 is 14.4 Å². The minimum absolute atomic E-state index is 0.302. The number of anilines is 2. The molecule has 1 saturated carbocycles. The highest BCUT2D eigenvalue weighted by Crippen LogP contribution is 2.44. The van der Waals surface area contributed by atoms with Gasteiger partial charge in [0.05, 0.1) is 6.33 Å². The van der Waals surface area contributed by atoms with Crippen LogP contribution in [0.15, 0.2) is 36.9 Å². The Balaban J connectivity index is 1.33. The van der Waals surface area contributed by atoms with Gasteiger partial charge in [-0.2, -0.15) is 0 Å². The van der Waals surface area contributed by atoms with Gasteiger partial charge >= 0.3 is 0 Å². The van der Waals surface area contributed by atoms with Crippen LogP contribution in [-0.4, -0.2) is 50.0 Å². The summed E-state index contributed by atoms with van der Waals surface area (Å²) in [5.74, 6) is 1.58. The molecule has 0 radical (unpaired) electrons. The fourth-order valence-corrected chi connectivity index (χ4v) is 4.85. The fourth-order valence-electron chi connectivity index (χ4n) is 4.85. The molecular weight excluding hydrogens is 364 g/mol. The third kappa shape index (κ3) is 2.79. The van der Waals surface area contributed by atoms with Crippen LogP contribution < -0.4 is 4.90 Å². The topological polar surface area (TPSA) is 67.2 Å². The van der Waals surface area contributed by atoms with E-state index in [0.29, 0.717) is 24.3 Å². The molecule has 7 heteroatoms. The first-order valence-electron chi connectivity index (χ1n) is 10.6. The number of likely N-dealkylation sites (tertiary alicyclic amines) is 1. The van der Waals surface area contributed by atoms with Crippen LogP contribution >= 0.6 is 0 Å². The van der Waals surface area contributed by atoms with Crippen LogP contribution in [0.2, 0.25) is 0 Å². The van der Waals surface area contributed by atoms with Crippen LogP contribution in [0.5, 0.6) is 0 Å². The summed E-state index contributed by atoms with van der Waals surface area (Å²) in [5.41, 5.74) is 4.35. The van der Waals surface area contributed by atoms with E-state index in [2.05, 4.69) is 48.7 Å². The van der Waals surface area contributed by atoms with Crippen molar-refractivity contribution in [1.29, 1.82) is 0 Å². The van der Waals surface area contributed by atoms with Crippen molar-refractivity contribution in [3.8, 4) is 0 Å². The van der Waals surface area contributed by atoms with Crippen LogP contribution in [0, 0.1) is 0 Å². The van der Waals surface area contributed by atoms with E-state index in [9.17, 15) is 4.79 Å². The van der Waals surface area contributed by atoms with Gasteiger partial charge in [-0.3, -0.25) is 4.79 Å². The molecular formula is C22H24N6O. The van der Waals surface area contributed by atoms with E-state index < -0.39 is 0 Å². The Labute approximate surface area is 169 Å². The lowest BCUT2D eigenvalue weighted by atomic mass is 9.98.